The zero-order valence-electron chi connectivity index (χ0n) is 14.1. The van der Waals surface area contributed by atoms with E-state index in [-0.39, 0.29) is 5.91 Å². The molecule has 0 aliphatic carbocycles. The van der Waals surface area contributed by atoms with Crippen LogP contribution in [0.3, 0.4) is 0 Å². The minimum atomic E-state index is 0.0853. The molecule has 0 aromatic carbocycles. The molecule has 1 aromatic heterocycles. The molecule has 0 unspecified atom stereocenters. The predicted octanol–water partition coefficient (Wildman–Crippen LogP) is 2.61. The Morgan fingerprint density at radius 1 is 1.32 bits per heavy atom. The second kappa shape index (κ2) is 11.0. The minimum absolute atomic E-state index is 0.0853. The molecular formula is C17H29N3O2. The Morgan fingerprint density at radius 2 is 2.14 bits per heavy atom. The van der Waals surface area contributed by atoms with Gasteiger partial charge in [-0.3, -0.25) is 4.79 Å². The van der Waals surface area contributed by atoms with E-state index in [1.165, 1.54) is 0 Å². The number of carbonyl (C=O) groups excluding carboxylic acids is 1. The van der Waals surface area contributed by atoms with Crippen molar-refractivity contribution in [1.82, 2.24) is 15.2 Å². The second-order valence-electron chi connectivity index (χ2n) is 5.71. The fourth-order valence-electron chi connectivity index (χ4n) is 2.00. The number of rotatable bonds is 11. The molecule has 0 spiro atoms. The maximum Gasteiger partial charge on any atom is 0.220 e. The summed E-state index contributed by atoms with van der Waals surface area (Å²) in [4.78, 5) is 18.2. The maximum atomic E-state index is 11.8. The van der Waals surface area contributed by atoms with Crippen LogP contribution in [0.15, 0.2) is 18.3 Å². The van der Waals surface area contributed by atoms with E-state index in [2.05, 4.69) is 22.1 Å². The van der Waals surface area contributed by atoms with Crippen LogP contribution in [0.5, 0.6) is 5.88 Å². The number of amides is 1. The highest BCUT2D eigenvalue weighted by molar-refractivity contribution is 5.75. The van der Waals surface area contributed by atoms with Gasteiger partial charge >= 0.3 is 0 Å². The highest BCUT2D eigenvalue weighted by atomic mass is 16.5. The largest absolute Gasteiger partial charge is 0.477 e. The average molecular weight is 307 g/mol. The van der Waals surface area contributed by atoms with Crippen LogP contribution in [0.25, 0.3) is 0 Å². The molecule has 0 aliphatic rings. The highest BCUT2D eigenvalue weighted by Gasteiger charge is 2.07. The summed E-state index contributed by atoms with van der Waals surface area (Å²) in [5.41, 5.74) is 0.931. The van der Waals surface area contributed by atoms with Crippen LogP contribution in [-0.4, -0.2) is 43.0 Å². The molecule has 5 heteroatoms. The van der Waals surface area contributed by atoms with Gasteiger partial charge < -0.3 is 15.0 Å². The van der Waals surface area contributed by atoms with Crippen LogP contribution < -0.4 is 10.1 Å². The Morgan fingerprint density at radius 3 is 2.86 bits per heavy atom. The van der Waals surface area contributed by atoms with Gasteiger partial charge in [0.15, 0.2) is 0 Å². The summed E-state index contributed by atoms with van der Waals surface area (Å²) < 4.78 is 5.67. The predicted molar refractivity (Wildman–Crippen MR) is 88.9 cm³/mol. The number of hydrogen-bond donors (Lipinski definition) is 1. The Hall–Kier alpha value is -1.62. The third kappa shape index (κ3) is 7.98. The summed E-state index contributed by atoms with van der Waals surface area (Å²) in [6.07, 6.45) is 6.34. The van der Waals surface area contributed by atoms with Crippen molar-refractivity contribution >= 4 is 5.91 Å². The third-order valence-electron chi connectivity index (χ3n) is 3.32. The fraction of sp³-hybridized carbons (Fsp3) is 0.647. The van der Waals surface area contributed by atoms with Crippen LogP contribution in [0.1, 0.15) is 44.6 Å². The zero-order chi connectivity index (χ0) is 16.2. The molecule has 5 nitrogen and oxygen atoms in total. The van der Waals surface area contributed by atoms with Gasteiger partial charge in [0.1, 0.15) is 0 Å². The number of hydrogen-bond acceptors (Lipinski definition) is 4. The van der Waals surface area contributed by atoms with E-state index in [0.717, 1.165) is 37.8 Å². The first kappa shape index (κ1) is 18.4. The first-order valence-corrected chi connectivity index (χ1v) is 8.11. The number of nitrogens with zero attached hydrogens (tertiary/aromatic N) is 2. The Labute approximate surface area is 134 Å². The molecule has 22 heavy (non-hydrogen) atoms. The topological polar surface area (TPSA) is 54.5 Å². The van der Waals surface area contributed by atoms with Crippen LogP contribution in [0.4, 0.5) is 0 Å². The van der Waals surface area contributed by atoms with Crippen LogP contribution in [0, 0.1) is 0 Å². The van der Waals surface area contributed by atoms with Gasteiger partial charge in [-0.25, -0.2) is 4.98 Å². The maximum absolute atomic E-state index is 11.8. The monoisotopic (exact) mass is 307 g/mol. The van der Waals surface area contributed by atoms with Crippen molar-refractivity contribution in [3.8, 4) is 5.88 Å². The van der Waals surface area contributed by atoms with E-state index in [0.29, 0.717) is 25.5 Å². The first-order valence-electron chi connectivity index (χ1n) is 8.11. The summed E-state index contributed by atoms with van der Waals surface area (Å²) in [7, 11) is 4.09. The summed E-state index contributed by atoms with van der Waals surface area (Å²) in [6, 6.07) is 3.81. The lowest BCUT2D eigenvalue weighted by atomic mass is 10.2. The SMILES string of the molecule is CCCCOc1ncccc1CNC(=O)CCCCN(C)C. The average Bonchev–Trinajstić information content (AvgIpc) is 2.50. The minimum Gasteiger partial charge on any atom is -0.477 e. The third-order valence-corrected chi connectivity index (χ3v) is 3.32. The molecule has 0 saturated carbocycles. The smallest absolute Gasteiger partial charge is 0.220 e. The van der Waals surface area contributed by atoms with E-state index in [9.17, 15) is 4.79 Å². The Kier molecular flexibility index (Phi) is 9.23. The van der Waals surface area contributed by atoms with E-state index < -0.39 is 0 Å². The molecule has 0 fully saturated rings. The Bertz CT molecular complexity index is 436. The molecule has 0 saturated heterocycles. The van der Waals surface area contributed by atoms with Gasteiger partial charge in [-0.2, -0.15) is 0 Å². The molecule has 1 aromatic rings. The number of nitrogens with one attached hydrogen (secondary N) is 1. The Balaban J connectivity index is 2.32. The summed E-state index contributed by atoms with van der Waals surface area (Å²) in [6.45, 7) is 4.28. The standard InChI is InChI=1S/C17H29N3O2/c1-4-5-13-22-17-15(9-8-11-18-17)14-19-16(21)10-6-7-12-20(2)3/h8-9,11H,4-7,10,12-14H2,1-3H3,(H,19,21). The van der Waals surface area contributed by atoms with Crippen molar-refractivity contribution < 1.29 is 9.53 Å². The fourth-order valence-corrected chi connectivity index (χ4v) is 2.00. The highest BCUT2D eigenvalue weighted by Crippen LogP contribution is 2.14. The van der Waals surface area contributed by atoms with E-state index in [4.69, 9.17) is 4.74 Å². The van der Waals surface area contributed by atoms with E-state index >= 15 is 0 Å². The molecular weight excluding hydrogens is 278 g/mol. The van der Waals surface area contributed by atoms with Gasteiger partial charge in [-0.15, -0.1) is 0 Å². The van der Waals surface area contributed by atoms with Crippen molar-refractivity contribution in [2.45, 2.75) is 45.6 Å². The van der Waals surface area contributed by atoms with E-state index in [1.807, 2.05) is 26.2 Å². The second-order valence-corrected chi connectivity index (χ2v) is 5.71. The van der Waals surface area contributed by atoms with Crippen molar-refractivity contribution in [1.29, 1.82) is 0 Å². The number of carbonyl (C=O) groups is 1. The van der Waals surface area contributed by atoms with Crippen molar-refractivity contribution in [3.63, 3.8) is 0 Å². The van der Waals surface area contributed by atoms with Crippen LogP contribution in [-0.2, 0) is 11.3 Å². The molecule has 1 amide bonds. The first-order chi connectivity index (χ1) is 10.6. The van der Waals surface area contributed by atoms with Crippen LogP contribution >= 0.6 is 0 Å². The quantitative estimate of drug-likeness (QED) is 0.639. The van der Waals surface area contributed by atoms with Gasteiger partial charge in [-0.1, -0.05) is 19.4 Å². The number of pyridine rings is 1. The normalized spacial score (nSPS) is 10.7. The molecule has 0 radical (unpaired) electrons. The summed E-state index contributed by atoms with van der Waals surface area (Å²) in [5, 5.41) is 2.95. The number of aromatic nitrogens is 1. The number of ether oxygens (including phenoxy) is 1. The zero-order valence-corrected chi connectivity index (χ0v) is 14.1. The number of unbranched alkanes of at least 4 members (excludes halogenated alkanes) is 2. The summed E-state index contributed by atoms with van der Waals surface area (Å²) >= 11 is 0. The molecule has 124 valence electrons. The molecule has 1 heterocycles. The van der Waals surface area contributed by atoms with Gasteiger partial charge in [0.25, 0.3) is 0 Å². The summed E-state index contributed by atoms with van der Waals surface area (Å²) in [5.74, 6) is 0.714. The van der Waals surface area contributed by atoms with Gasteiger partial charge in [0, 0.05) is 24.7 Å². The molecule has 0 atom stereocenters. The van der Waals surface area contributed by atoms with Crippen LogP contribution in [0.2, 0.25) is 0 Å². The van der Waals surface area contributed by atoms with Crippen molar-refractivity contribution in [2.75, 3.05) is 27.2 Å². The van der Waals surface area contributed by atoms with E-state index in [1.54, 1.807) is 6.20 Å². The molecule has 1 N–H and O–H groups in total. The van der Waals surface area contributed by atoms with Crippen molar-refractivity contribution in [2.24, 2.45) is 0 Å². The molecule has 0 bridgehead atoms. The van der Waals surface area contributed by atoms with Gasteiger partial charge in [-0.05, 0) is 46.0 Å². The molecule has 1 rings (SSSR count). The van der Waals surface area contributed by atoms with Gasteiger partial charge in [0.05, 0.1) is 6.61 Å². The lowest BCUT2D eigenvalue weighted by molar-refractivity contribution is -0.121. The van der Waals surface area contributed by atoms with Crippen molar-refractivity contribution in [3.05, 3.63) is 23.9 Å². The lowest BCUT2D eigenvalue weighted by Crippen LogP contribution is -2.23. The van der Waals surface area contributed by atoms with Gasteiger partial charge in [0.2, 0.25) is 11.8 Å². The molecule has 0 aliphatic heterocycles. The lowest BCUT2D eigenvalue weighted by Gasteiger charge is -2.11.